The molecule has 1 aliphatic heterocycles. The number of pyridine rings is 1. The molecule has 1 saturated carbocycles. The lowest BCUT2D eigenvalue weighted by Crippen LogP contribution is -2.29. The van der Waals surface area contributed by atoms with Crippen LogP contribution in [0.3, 0.4) is 0 Å². The van der Waals surface area contributed by atoms with Gasteiger partial charge in [0.25, 0.3) is 5.56 Å². The highest BCUT2D eigenvalue weighted by Crippen LogP contribution is 2.45. The van der Waals surface area contributed by atoms with Crippen molar-refractivity contribution in [2.24, 2.45) is 0 Å². The lowest BCUT2D eigenvalue weighted by atomic mass is 10.00. The van der Waals surface area contributed by atoms with E-state index in [2.05, 4.69) is 26.0 Å². The summed E-state index contributed by atoms with van der Waals surface area (Å²) in [5.74, 6) is 1.02. The highest BCUT2D eigenvalue weighted by atomic mass is 19.4. The molecule has 4 aromatic heterocycles. The zero-order valence-corrected chi connectivity index (χ0v) is 25.5. The SMILES string of the molecule is COc1ncnc(C2CC2)c1-c1ncc2cc(C3=CCN(C)CC3)c(=O)n(Cc3ccc(-n4nc(C(F)(F)F)cc4C)cc3)c2n1. The summed E-state index contributed by atoms with van der Waals surface area (Å²) in [4.78, 5) is 34.9. The summed E-state index contributed by atoms with van der Waals surface area (Å²) in [5, 5.41) is 4.45. The number of aryl methyl sites for hydroxylation is 1. The first kappa shape index (κ1) is 29.8. The third kappa shape index (κ3) is 5.55. The number of alkyl halides is 3. The topological polar surface area (TPSA) is 104 Å². The summed E-state index contributed by atoms with van der Waals surface area (Å²) in [6.45, 7) is 3.33. The summed E-state index contributed by atoms with van der Waals surface area (Å²) in [5.41, 5.74) is 3.93. The Balaban J connectivity index is 1.34. The molecule has 1 aliphatic carbocycles. The second-order valence-corrected chi connectivity index (χ2v) is 11.8. The normalized spacial score (nSPS) is 15.7. The van der Waals surface area contributed by atoms with Crippen molar-refractivity contribution >= 4 is 16.6 Å². The van der Waals surface area contributed by atoms with Crippen LogP contribution < -0.4 is 10.3 Å². The molecule has 0 N–H and O–H groups in total. The number of halogens is 3. The van der Waals surface area contributed by atoms with Gasteiger partial charge < -0.3 is 9.64 Å². The standard InChI is InChI=1S/C33H31F3N8O2/c1-19-14-26(33(34,35)36)41-44(19)24-8-4-20(5-9-24)17-43-30-23(15-25(32(43)45)21-10-12-42(2)13-11-21)16-37-29(40-30)27-28(22-6-7-22)38-18-39-31(27)46-3/h4-5,8-10,14-16,18,22H,6-7,11-13,17H2,1-3H3. The predicted molar refractivity (Wildman–Crippen MR) is 166 cm³/mol. The number of hydrogen-bond donors (Lipinski definition) is 0. The number of nitrogens with zero attached hydrogens (tertiary/aromatic N) is 8. The first-order chi connectivity index (χ1) is 22.1. The Kier molecular flexibility index (Phi) is 7.42. The van der Waals surface area contributed by atoms with Crippen LogP contribution in [0.1, 0.15) is 53.4 Å². The quantitative estimate of drug-likeness (QED) is 0.236. The number of likely N-dealkylation sites (N-methyl/N-ethyl adjacent to an activating group) is 1. The molecule has 1 aromatic carbocycles. The zero-order valence-electron chi connectivity index (χ0n) is 25.5. The summed E-state index contributed by atoms with van der Waals surface area (Å²) in [6.07, 6.45) is 3.48. The molecular formula is C33H31F3N8O2. The first-order valence-electron chi connectivity index (χ1n) is 15.0. The maximum atomic E-state index is 14.2. The second kappa shape index (κ2) is 11.5. The summed E-state index contributed by atoms with van der Waals surface area (Å²) >= 11 is 0. The van der Waals surface area contributed by atoms with Crippen molar-refractivity contribution < 1.29 is 17.9 Å². The fourth-order valence-corrected chi connectivity index (χ4v) is 5.88. The summed E-state index contributed by atoms with van der Waals surface area (Å²) in [7, 11) is 3.58. The molecular weight excluding hydrogens is 597 g/mol. The average molecular weight is 629 g/mol. The van der Waals surface area contributed by atoms with E-state index < -0.39 is 11.9 Å². The van der Waals surface area contributed by atoms with Gasteiger partial charge in [-0.2, -0.15) is 18.3 Å². The summed E-state index contributed by atoms with van der Waals surface area (Å²) < 4.78 is 48.3. The Labute approximate surface area is 262 Å². The van der Waals surface area contributed by atoms with E-state index in [1.807, 2.05) is 13.1 Å². The van der Waals surface area contributed by atoms with Crippen molar-refractivity contribution in [2.45, 2.75) is 44.8 Å². The molecule has 0 radical (unpaired) electrons. The molecule has 1 fully saturated rings. The molecule has 0 atom stereocenters. The molecule has 5 heterocycles. The minimum atomic E-state index is -4.54. The van der Waals surface area contributed by atoms with E-state index in [1.165, 1.54) is 11.0 Å². The molecule has 0 unspecified atom stereocenters. The van der Waals surface area contributed by atoms with E-state index in [4.69, 9.17) is 14.7 Å². The Hall–Kier alpha value is -4.91. The van der Waals surface area contributed by atoms with E-state index in [9.17, 15) is 18.0 Å². The Morgan fingerprint density at radius 1 is 1.07 bits per heavy atom. The highest BCUT2D eigenvalue weighted by molar-refractivity contribution is 5.82. The highest BCUT2D eigenvalue weighted by Gasteiger charge is 2.35. The second-order valence-electron chi connectivity index (χ2n) is 11.8. The number of ether oxygens (including phenoxy) is 1. The third-order valence-corrected chi connectivity index (χ3v) is 8.51. The van der Waals surface area contributed by atoms with E-state index >= 15 is 0 Å². The number of benzene rings is 1. The molecule has 10 nitrogen and oxygen atoms in total. The molecule has 0 amide bonds. The number of fused-ring (bicyclic) bond motifs is 1. The van der Waals surface area contributed by atoms with Crippen LogP contribution in [0.25, 0.3) is 33.7 Å². The molecule has 46 heavy (non-hydrogen) atoms. The van der Waals surface area contributed by atoms with Crippen molar-refractivity contribution in [3.63, 3.8) is 0 Å². The Morgan fingerprint density at radius 3 is 2.50 bits per heavy atom. The van der Waals surface area contributed by atoms with Gasteiger partial charge in [-0.05, 0) is 68.6 Å². The van der Waals surface area contributed by atoms with Crippen molar-refractivity contribution in [3.8, 4) is 23.0 Å². The van der Waals surface area contributed by atoms with Crippen LogP contribution in [0, 0.1) is 6.92 Å². The molecule has 0 saturated heterocycles. The van der Waals surface area contributed by atoms with Gasteiger partial charge in [0.05, 0.1) is 25.0 Å². The van der Waals surface area contributed by atoms with Crippen molar-refractivity contribution in [1.29, 1.82) is 0 Å². The lowest BCUT2D eigenvalue weighted by molar-refractivity contribution is -0.141. The van der Waals surface area contributed by atoms with Gasteiger partial charge in [-0.15, -0.1) is 0 Å². The molecule has 7 rings (SSSR count). The fraction of sp³-hybridized carbons (Fsp3) is 0.333. The van der Waals surface area contributed by atoms with E-state index in [1.54, 1.807) is 49.1 Å². The van der Waals surface area contributed by atoms with Crippen LogP contribution in [0.15, 0.2) is 59.8 Å². The van der Waals surface area contributed by atoms with Gasteiger partial charge in [0.15, 0.2) is 11.5 Å². The molecule has 0 bridgehead atoms. The van der Waals surface area contributed by atoms with Crippen LogP contribution in [-0.2, 0) is 12.7 Å². The smallest absolute Gasteiger partial charge is 0.435 e. The number of hydrogen-bond acceptors (Lipinski definition) is 8. The first-order valence-corrected chi connectivity index (χ1v) is 15.0. The monoisotopic (exact) mass is 628 g/mol. The number of methoxy groups -OCH3 is 1. The molecule has 13 heteroatoms. The molecule has 2 aliphatic rings. The third-order valence-electron chi connectivity index (χ3n) is 8.51. The zero-order chi connectivity index (χ0) is 32.2. The van der Waals surface area contributed by atoms with Gasteiger partial charge in [-0.1, -0.05) is 18.2 Å². The molecule has 236 valence electrons. The summed E-state index contributed by atoms with van der Waals surface area (Å²) in [6, 6.07) is 9.83. The van der Waals surface area contributed by atoms with Crippen LogP contribution in [0.5, 0.6) is 5.88 Å². The minimum absolute atomic E-state index is 0.177. The molecule has 0 spiro atoms. The number of rotatable bonds is 7. The minimum Gasteiger partial charge on any atom is -0.480 e. The fourth-order valence-electron chi connectivity index (χ4n) is 5.88. The van der Waals surface area contributed by atoms with Gasteiger partial charge in [0, 0.05) is 41.8 Å². The van der Waals surface area contributed by atoms with E-state index in [0.717, 1.165) is 55.2 Å². The van der Waals surface area contributed by atoms with E-state index in [-0.39, 0.29) is 18.0 Å². The Morgan fingerprint density at radius 2 is 1.85 bits per heavy atom. The van der Waals surface area contributed by atoms with Gasteiger partial charge in [0.2, 0.25) is 5.88 Å². The lowest BCUT2D eigenvalue weighted by Gasteiger charge is -2.22. The van der Waals surface area contributed by atoms with Crippen LogP contribution >= 0.6 is 0 Å². The maximum absolute atomic E-state index is 14.2. The number of aromatic nitrogens is 7. The average Bonchev–Trinajstić information content (AvgIpc) is 3.82. The largest absolute Gasteiger partial charge is 0.480 e. The van der Waals surface area contributed by atoms with Crippen LogP contribution in [-0.4, -0.2) is 66.4 Å². The predicted octanol–water partition coefficient (Wildman–Crippen LogP) is 5.41. The molecule has 5 aromatic rings. The maximum Gasteiger partial charge on any atom is 0.435 e. The van der Waals surface area contributed by atoms with Gasteiger partial charge in [-0.3, -0.25) is 9.36 Å². The van der Waals surface area contributed by atoms with E-state index in [0.29, 0.717) is 45.2 Å². The van der Waals surface area contributed by atoms with Crippen LogP contribution in [0.2, 0.25) is 0 Å². The van der Waals surface area contributed by atoms with Gasteiger partial charge in [0.1, 0.15) is 17.5 Å². The van der Waals surface area contributed by atoms with Gasteiger partial charge in [-0.25, -0.2) is 24.6 Å². The van der Waals surface area contributed by atoms with Gasteiger partial charge >= 0.3 is 6.18 Å². The van der Waals surface area contributed by atoms with Crippen molar-refractivity contribution in [3.05, 3.63) is 93.6 Å². The van der Waals surface area contributed by atoms with Crippen molar-refractivity contribution in [1.82, 2.24) is 39.2 Å². The van der Waals surface area contributed by atoms with Crippen LogP contribution in [0.4, 0.5) is 13.2 Å². The Bertz CT molecular complexity index is 2050. The van der Waals surface area contributed by atoms with Crippen molar-refractivity contribution in [2.75, 3.05) is 27.2 Å².